The molecule has 3 aromatic rings. The summed E-state index contributed by atoms with van der Waals surface area (Å²) in [5.74, 6) is -0.200. The summed E-state index contributed by atoms with van der Waals surface area (Å²) in [7, 11) is -1.88. The Morgan fingerprint density at radius 2 is 2.00 bits per heavy atom. The number of nitrogens with zero attached hydrogens (tertiary/aromatic N) is 4. The smallest absolute Gasteiger partial charge is 0.413 e. The average molecular weight is 448 g/mol. The number of benzene rings is 1. The third-order valence-corrected chi connectivity index (χ3v) is 4.86. The minimum Gasteiger partial charge on any atom is -0.441 e. The summed E-state index contributed by atoms with van der Waals surface area (Å²) >= 11 is 0. The Morgan fingerprint density at radius 3 is 2.65 bits per heavy atom. The number of carbonyl (C=O) groups is 1. The topological polar surface area (TPSA) is 128 Å². The molecular formula is C19H21FN6O4S. The Kier molecular flexibility index (Phi) is 6.20. The van der Waals surface area contributed by atoms with Gasteiger partial charge in [0.1, 0.15) is 11.9 Å². The van der Waals surface area contributed by atoms with Crippen LogP contribution in [-0.2, 0) is 21.8 Å². The van der Waals surface area contributed by atoms with E-state index in [4.69, 9.17) is 4.74 Å². The van der Waals surface area contributed by atoms with Crippen molar-refractivity contribution < 1.29 is 22.3 Å². The van der Waals surface area contributed by atoms with E-state index in [0.29, 0.717) is 22.6 Å². The maximum atomic E-state index is 13.4. The molecule has 1 aromatic carbocycles. The van der Waals surface area contributed by atoms with Gasteiger partial charge in [-0.15, -0.1) is 5.10 Å². The molecule has 0 saturated carbocycles. The van der Waals surface area contributed by atoms with Crippen molar-refractivity contribution >= 4 is 27.6 Å². The van der Waals surface area contributed by atoms with E-state index in [2.05, 4.69) is 25.3 Å². The predicted octanol–water partition coefficient (Wildman–Crippen LogP) is 3.01. The molecule has 3 rings (SSSR count). The van der Waals surface area contributed by atoms with Gasteiger partial charge in [-0.25, -0.2) is 27.3 Å². The second-order valence-electron chi connectivity index (χ2n) is 6.84. The number of nitrogens with one attached hydrogen (secondary N) is 2. The van der Waals surface area contributed by atoms with Gasteiger partial charge in [0.05, 0.1) is 23.3 Å². The zero-order valence-electron chi connectivity index (χ0n) is 17.2. The zero-order chi connectivity index (χ0) is 22.8. The first-order valence-corrected chi connectivity index (χ1v) is 11.0. The Bertz CT molecular complexity index is 1230. The van der Waals surface area contributed by atoms with Gasteiger partial charge in [-0.2, -0.15) is 0 Å². The lowest BCUT2D eigenvalue weighted by atomic mass is 10.1. The summed E-state index contributed by atoms with van der Waals surface area (Å²) in [4.78, 5) is 16.8. The number of sulfonamides is 1. The van der Waals surface area contributed by atoms with Crippen LogP contribution in [0.25, 0.3) is 11.4 Å². The van der Waals surface area contributed by atoms with Crippen molar-refractivity contribution in [3.8, 4) is 11.4 Å². The van der Waals surface area contributed by atoms with E-state index >= 15 is 0 Å². The molecule has 0 aliphatic heterocycles. The number of amides is 1. The summed E-state index contributed by atoms with van der Waals surface area (Å²) in [5, 5.41) is 10.5. The molecule has 1 amide bonds. The lowest BCUT2D eigenvalue weighted by molar-refractivity contribution is 0.121. The standard InChI is InChI=1S/C19H21FN6O4S/c1-11-15(24-31(4,28)29)8-9-16(21-11)17-18(26(3)25-23-17)22-19(27)30-12(2)13-6-5-7-14(20)10-13/h5-10,12,24H,1-4H3,(H,22,27). The molecule has 1 atom stereocenters. The van der Waals surface area contributed by atoms with Gasteiger partial charge in [0, 0.05) is 7.05 Å². The van der Waals surface area contributed by atoms with Gasteiger partial charge in [-0.3, -0.25) is 10.0 Å². The molecule has 1 unspecified atom stereocenters. The number of aromatic nitrogens is 4. The molecule has 2 N–H and O–H groups in total. The van der Waals surface area contributed by atoms with Crippen LogP contribution in [0.3, 0.4) is 0 Å². The molecule has 0 aliphatic carbocycles. The third kappa shape index (κ3) is 5.54. The number of carbonyl (C=O) groups excluding carboxylic acids is 1. The van der Waals surface area contributed by atoms with Crippen LogP contribution in [0.4, 0.5) is 20.7 Å². The molecule has 164 valence electrons. The maximum absolute atomic E-state index is 13.4. The molecule has 31 heavy (non-hydrogen) atoms. The molecule has 0 radical (unpaired) electrons. The monoisotopic (exact) mass is 448 g/mol. The van der Waals surface area contributed by atoms with E-state index < -0.39 is 28.0 Å². The number of ether oxygens (including phenoxy) is 1. The van der Waals surface area contributed by atoms with Crippen molar-refractivity contribution in [2.24, 2.45) is 7.05 Å². The number of halogens is 1. The number of pyridine rings is 1. The molecule has 0 saturated heterocycles. The first kappa shape index (κ1) is 22.2. The van der Waals surface area contributed by atoms with Gasteiger partial charge in [0.2, 0.25) is 10.0 Å². The highest BCUT2D eigenvalue weighted by Gasteiger charge is 2.20. The molecule has 2 aromatic heterocycles. The molecule has 2 heterocycles. The van der Waals surface area contributed by atoms with Crippen LogP contribution in [0.5, 0.6) is 0 Å². The van der Waals surface area contributed by atoms with Crippen LogP contribution in [-0.4, -0.2) is 40.7 Å². The van der Waals surface area contributed by atoms with Crippen LogP contribution < -0.4 is 10.0 Å². The van der Waals surface area contributed by atoms with E-state index in [9.17, 15) is 17.6 Å². The van der Waals surface area contributed by atoms with Crippen LogP contribution in [0.2, 0.25) is 0 Å². The second-order valence-corrected chi connectivity index (χ2v) is 8.59. The number of rotatable bonds is 6. The largest absolute Gasteiger partial charge is 0.441 e. The predicted molar refractivity (Wildman–Crippen MR) is 112 cm³/mol. The first-order chi connectivity index (χ1) is 14.5. The van der Waals surface area contributed by atoms with E-state index in [1.165, 1.54) is 22.9 Å². The molecular weight excluding hydrogens is 427 g/mol. The fraction of sp³-hybridized carbons (Fsp3) is 0.263. The van der Waals surface area contributed by atoms with Crippen molar-refractivity contribution in [1.29, 1.82) is 0 Å². The molecule has 0 fully saturated rings. The minimum absolute atomic E-state index is 0.229. The van der Waals surface area contributed by atoms with E-state index in [1.54, 1.807) is 39.1 Å². The molecule has 12 heteroatoms. The summed E-state index contributed by atoms with van der Waals surface area (Å²) in [6.45, 7) is 3.25. The Labute approximate surface area is 178 Å². The summed E-state index contributed by atoms with van der Waals surface area (Å²) in [5.41, 5.74) is 1.89. The quantitative estimate of drug-likeness (QED) is 0.593. The second kappa shape index (κ2) is 8.68. The average Bonchev–Trinajstić information content (AvgIpc) is 3.02. The minimum atomic E-state index is -3.45. The number of aryl methyl sites for hydroxylation is 2. The number of hydrogen-bond donors (Lipinski definition) is 2. The number of hydrogen-bond acceptors (Lipinski definition) is 7. The SMILES string of the molecule is Cc1nc(-c2nnn(C)c2NC(=O)OC(C)c2cccc(F)c2)ccc1NS(C)(=O)=O. The van der Waals surface area contributed by atoms with Gasteiger partial charge in [-0.1, -0.05) is 17.3 Å². The van der Waals surface area contributed by atoms with E-state index in [-0.39, 0.29) is 11.5 Å². The Morgan fingerprint density at radius 1 is 1.26 bits per heavy atom. The summed E-state index contributed by atoms with van der Waals surface area (Å²) in [6.07, 6.45) is -0.431. The third-order valence-electron chi connectivity index (χ3n) is 4.27. The van der Waals surface area contributed by atoms with Crippen LogP contribution >= 0.6 is 0 Å². The Hall–Kier alpha value is -3.54. The van der Waals surface area contributed by atoms with E-state index in [1.807, 2.05) is 0 Å². The van der Waals surface area contributed by atoms with Gasteiger partial charge >= 0.3 is 6.09 Å². The van der Waals surface area contributed by atoms with Crippen LogP contribution in [0, 0.1) is 12.7 Å². The van der Waals surface area contributed by atoms with E-state index in [0.717, 1.165) is 6.26 Å². The van der Waals surface area contributed by atoms with Crippen molar-refractivity contribution in [3.05, 3.63) is 53.5 Å². The van der Waals surface area contributed by atoms with Crippen molar-refractivity contribution in [3.63, 3.8) is 0 Å². The van der Waals surface area contributed by atoms with Gasteiger partial charge < -0.3 is 4.74 Å². The molecule has 0 bridgehead atoms. The summed E-state index contributed by atoms with van der Waals surface area (Å²) in [6, 6.07) is 8.86. The van der Waals surface area contributed by atoms with Gasteiger partial charge in [-0.05, 0) is 43.7 Å². The Balaban J connectivity index is 1.79. The lowest BCUT2D eigenvalue weighted by Crippen LogP contribution is -2.18. The van der Waals surface area contributed by atoms with Crippen LogP contribution in [0.1, 0.15) is 24.3 Å². The highest BCUT2D eigenvalue weighted by atomic mass is 32.2. The maximum Gasteiger partial charge on any atom is 0.413 e. The summed E-state index contributed by atoms with van der Waals surface area (Å²) < 4.78 is 45.3. The number of anilines is 2. The fourth-order valence-corrected chi connectivity index (χ4v) is 3.40. The highest BCUT2D eigenvalue weighted by molar-refractivity contribution is 7.92. The molecule has 10 nitrogen and oxygen atoms in total. The highest BCUT2D eigenvalue weighted by Crippen LogP contribution is 2.27. The van der Waals surface area contributed by atoms with Gasteiger partial charge in [0.15, 0.2) is 11.5 Å². The lowest BCUT2D eigenvalue weighted by Gasteiger charge is -2.15. The fourth-order valence-electron chi connectivity index (χ4n) is 2.78. The van der Waals surface area contributed by atoms with Crippen molar-refractivity contribution in [2.45, 2.75) is 20.0 Å². The molecule has 0 spiro atoms. The first-order valence-electron chi connectivity index (χ1n) is 9.12. The normalized spacial score (nSPS) is 12.3. The zero-order valence-corrected chi connectivity index (χ0v) is 18.1. The van der Waals surface area contributed by atoms with Crippen LogP contribution in [0.15, 0.2) is 36.4 Å². The molecule has 0 aliphatic rings. The van der Waals surface area contributed by atoms with Gasteiger partial charge in [0.25, 0.3) is 0 Å². The van der Waals surface area contributed by atoms with Crippen molar-refractivity contribution in [2.75, 3.05) is 16.3 Å². The van der Waals surface area contributed by atoms with Crippen molar-refractivity contribution in [1.82, 2.24) is 20.0 Å².